The highest BCUT2D eigenvalue weighted by molar-refractivity contribution is 6.58. The van der Waals surface area contributed by atoms with Crippen molar-refractivity contribution in [3.05, 3.63) is 119 Å². The Labute approximate surface area is 311 Å². The Bertz CT molecular complexity index is 2200. The van der Waals surface area contributed by atoms with E-state index in [1.165, 1.54) is 26.4 Å². The van der Waals surface area contributed by atoms with Gasteiger partial charge in [-0.1, -0.05) is 71.8 Å². The first-order valence-electron chi connectivity index (χ1n) is 17.8. The summed E-state index contributed by atoms with van der Waals surface area (Å²) in [5, 5.41) is 31.8. The molecule has 6 unspecified atom stereocenters. The van der Waals surface area contributed by atoms with Crippen LogP contribution in [0.25, 0.3) is 0 Å². The van der Waals surface area contributed by atoms with E-state index in [-0.39, 0.29) is 41.2 Å². The molecule has 274 valence electrons. The lowest BCUT2D eigenvalue weighted by atomic mass is 9.49. The molecule has 8 rings (SSSR count). The molecule has 6 atom stereocenters. The van der Waals surface area contributed by atoms with Gasteiger partial charge in [-0.3, -0.25) is 29.5 Å². The van der Waals surface area contributed by atoms with Gasteiger partial charge in [-0.2, -0.15) is 5.01 Å². The molecule has 0 radical (unpaired) electrons. The number of carbonyl (C=O) groups excluding carboxylic acids is 4. The van der Waals surface area contributed by atoms with Crippen molar-refractivity contribution in [2.75, 3.05) is 24.5 Å². The first-order valence-corrected chi connectivity index (χ1v) is 17.8. The Morgan fingerprint density at radius 3 is 2.15 bits per heavy atom. The first kappa shape index (κ1) is 35.1. The lowest BCUT2D eigenvalue weighted by Crippen LogP contribution is -2.53. The summed E-state index contributed by atoms with van der Waals surface area (Å²) < 4.78 is 11.2. The predicted octanol–water partition coefficient (Wildman–Crippen LogP) is 3.59. The Hall–Kier alpha value is -5.92. The number of ether oxygens (including phenoxy) is 2. The van der Waals surface area contributed by atoms with Gasteiger partial charge in [0.2, 0.25) is 17.6 Å². The summed E-state index contributed by atoms with van der Waals surface area (Å²) in [5.41, 5.74) is 5.25. The molecule has 4 aromatic rings. The van der Waals surface area contributed by atoms with Crippen LogP contribution in [0.3, 0.4) is 0 Å². The topological polar surface area (TPSA) is 166 Å². The Balaban J connectivity index is 1.33. The number of aryl methyl sites for hydroxylation is 1. The normalized spacial score (nSPS) is 25.9. The van der Waals surface area contributed by atoms with Crippen LogP contribution in [-0.2, 0) is 24.6 Å². The molecule has 12 nitrogen and oxygen atoms in total. The third kappa shape index (κ3) is 5.13. The first-order chi connectivity index (χ1) is 26.0. The second kappa shape index (κ2) is 13.2. The molecule has 54 heavy (non-hydrogen) atoms. The van der Waals surface area contributed by atoms with Crippen molar-refractivity contribution in [2.24, 2.45) is 23.7 Å². The van der Waals surface area contributed by atoms with E-state index in [2.05, 4.69) is 5.43 Å². The van der Waals surface area contributed by atoms with Crippen LogP contribution in [0.4, 0.5) is 11.4 Å². The Kier molecular flexibility index (Phi) is 8.58. The Morgan fingerprint density at radius 2 is 1.50 bits per heavy atom. The number of anilines is 2. The summed E-state index contributed by atoms with van der Waals surface area (Å²) in [6.45, 7) is 1.94. The van der Waals surface area contributed by atoms with Crippen LogP contribution in [0.2, 0.25) is 0 Å². The molecule has 2 saturated heterocycles. The van der Waals surface area contributed by atoms with E-state index in [0.717, 1.165) is 15.5 Å². The minimum Gasteiger partial charge on any atom is -0.502 e. The van der Waals surface area contributed by atoms with Crippen molar-refractivity contribution in [3.8, 4) is 17.2 Å². The van der Waals surface area contributed by atoms with Gasteiger partial charge in [-0.15, -0.1) is 0 Å². The lowest BCUT2D eigenvalue weighted by Gasteiger charge is -2.50. The SMILES string of the molecule is COc1cc(C2C3=CCC4C(=O)N(c5cccc(B(O)O)c5)C(=O)C4C3CC3C(=O)N(Nc4ccc(C)cc4)C(=O)C32c2ccccc2)cc(OC)c1O. The van der Waals surface area contributed by atoms with Gasteiger partial charge < -0.3 is 24.6 Å². The molecule has 0 bridgehead atoms. The van der Waals surface area contributed by atoms with Crippen LogP contribution in [0.5, 0.6) is 17.2 Å². The van der Waals surface area contributed by atoms with Crippen LogP contribution in [0, 0.1) is 30.6 Å². The van der Waals surface area contributed by atoms with E-state index in [9.17, 15) is 29.5 Å². The molecular weight excluding hydrogens is 689 g/mol. The summed E-state index contributed by atoms with van der Waals surface area (Å²) in [5.74, 6) is -6.06. The molecule has 4 N–H and O–H groups in total. The van der Waals surface area contributed by atoms with Gasteiger partial charge in [0.15, 0.2) is 11.5 Å². The van der Waals surface area contributed by atoms with Crippen LogP contribution in [0.1, 0.15) is 35.4 Å². The van der Waals surface area contributed by atoms with Crippen molar-refractivity contribution in [2.45, 2.75) is 31.1 Å². The molecule has 2 aliphatic carbocycles. The average Bonchev–Trinajstić information content (AvgIpc) is 3.56. The fourth-order valence-electron chi connectivity index (χ4n) is 9.28. The number of nitrogens with one attached hydrogen (secondary N) is 1. The number of benzene rings is 4. The fourth-order valence-corrected chi connectivity index (χ4v) is 9.28. The fraction of sp³-hybridized carbons (Fsp3) is 0.268. The summed E-state index contributed by atoms with van der Waals surface area (Å²) in [6, 6.07) is 25.7. The number of phenolic OH excluding ortho intramolecular Hbond substituents is 1. The van der Waals surface area contributed by atoms with Gasteiger partial charge in [0.25, 0.3) is 11.8 Å². The van der Waals surface area contributed by atoms with Crippen molar-refractivity contribution in [1.29, 1.82) is 0 Å². The summed E-state index contributed by atoms with van der Waals surface area (Å²) in [6.07, 6.45) is 2.20. The summed E-state index contributed by atoms with van der Waals surface area (Å²) in [4.78, 5) is 60.1. The number of fused-ring (bicyclic) bond motifs is 4. The summed E-state index contributed by atoms with van der Waals surface area (Å²) >= 11 is 0. The highest BCUT2D eigenvalue weighted by Gasteiger charge is 2.70. The molecule has 3 fully saturated rings. The highest BCUT2D eigenvalue weighted by atomic mass is 16.5. The van der Waals surface area contributed by atoms with Gasteiger partial charge in [0, 0.05) is 5.92 Å². The van der Waals surface area contributed by atoms with E-state index in [0.29, 0.717) is 22.4 Å². The molecule has 2 aliphatic heterocycles. The molecule has 1 saturated carbocycles. The zero-order valence-electron chi connectivity index (χ0n) is 29.8. The van der Waals surface area contributed by atoms with Crippen LogP contribution in [0.15, 0.2) is 103 Å². The number of imide groups is 2. The quantitative estimate of drug-likeness (QED) is 0.120. The molecule has 13 heteroatoms. The van der Waals surface area contributed by atoms with E-state index in [1.54, 1.807) is 36.4 Å². The van der Waals surface area contributed by atoms with Gasteiger partial charge in [0.1, 0.15) is 0 Å². The molecule has 0 spiro atoms. The summed E-state index contributed by atoms with van der Waals surface area (Å²) in [7, 11) is 1.00. The van der Waals surface area contributed by atoms with Crippen molar-refractivity contribution in [3.63, 3.8) is 0 Å². The number of hydrogen-bond donors (Lipinski definition) is 4. The standard InChI is InChI=1S/C41H38BN3O9/c1-22-12-14-26(15-13-22)43-45-38(48)31-21-30-28(16-17-29-34(30)39(49)44(37(29)47)27-11-7-10-25(20-27)42(51)52)35(23-18-32(53-2)36(46)33(19-23)54-3)41(31,40(45)50)24-8-5-4-6-9-24/h4-16,18-20,29-31,34-35,43,46,51-52H,17,21H2,1-3H3. The lowest BCUT2D eigenvalue weighted by molar-refractivity contribution is -0.138. The zero-order valence-corrected chi connectivity index (χ0v) is 29.8. The predicted molar refractivity (Wildman–Crippen MR) is 199 cm³/mol. The van der Waals surface area contributed by atoms with E-state index in [1.807, 2.05) is 55.5 Å². The molecule has 2 heterocycles. The van der Waals surface area contributed by atoms with Crippen molar-refractivity contribution in [1.82, 2.24) is 5.01 Å². The van der Waals surface area contributed by atoms with Gasteiger partial charge in [-0.05, 0) is 78.7 Å². The van der Waals surface area contributed by atoms with Crippen LogP contribution < -0.4 is 25.3 Å². The second-order valence-corrected chi connectivity index (χ2v) is 14.3. The largest absolute Gasteiger partial charge is 0.502 e. The maximum absolute atomic E-state index is 15.4. The van der Waals surface area contributed by atoms with Crippen LogP contribution in [-0.4, -0.2) is 65.1 Å². The number of aromatic hydroxyl groups is 1. The number of methoxy groups -OCH3 is 2. The van der Waals surface area contributed by atoms with Crippen molar-refractivity contribution >= 4 is 47.6 Å². The highest BCUT2D eigenvalue weighted by Crippen LogP contribution is 2.65. The van der Waals surface area contributed by atoms with Gasteiger partial charge in [0.05, 0.1) is 48.8 Å². The molecular formula is C41H38BN3O9. The maximum Gasteiger partial charge on any atom is 0.488 e. The second-order valence-electron chi connectivity index (χ2n) is 14.3. The van der Waals surface area contributed by atoms with Crippen molar-refractivity contribution < 1.29 is 43.8 Å². The molecule has 0 aromatic heterocycles. The van der Waals surface area contributed by atoms with Gasteiger partial charge in [-0.25, -0.2) is 0 Å². The van der Waals surface area contributed by atoms with Gasteiger partial charge >= 0.3 is 7.12 Å². The number of phenols is 1. The molecule has 4 aliphatic rings. The average molecular weight is 728 g/mol. The smallest absolute Gasteiger partial charge is 0.488 e. The van der Waals surface area contributed by atoms with E-state index < -0.39 is 65.8 Å². The minimum atomic E-state index is -1.81. The number of carbonyl (C=O) groups is 4. The Morgan fingerprint density at radius 1 is 0.815 bits per heavy atom. The maximum atomic E-state index is 15.4. The molecule has 4 aromatic carbocycles. The number of nitrogens with zero attached hydrogens (tertiary/aromatic N) is 2. The van der Waals surface area contributed by atoms with Crippen LogP contribution >= 0.6 is 0 Å². The number of amides is 4. The monoisotopic (exact) mass is 727 g/mol. The third-order valence-electron chi connectivity index (χ3n) is 11.7. The third-order valence-corrected chi connectivity index (χ3v) is 11.7. The molecule has 4 amide bonds. The zero-order chi connectivity index (χ0) is 38.1. The number of rotatable bonds is 8. The van der Waals surface area contributed by atoms with E-state index in [4.69, 9.17) is 9.47 Å². The number of hydrogen-bond acceptors (Lipinski definition) is 10. The van der Waals surface area contributed by atoms with E-state index >= 15 is 4.79 Å². The number of allylic oxidation sites excluding steroid dienone is 2. The minimum absolute atomic E-state index is 0.0870. The number of hydrazine groups is 1.